The van der Waals surface area contributed by atoms with E-state index in [0.717, 1.165) is 148 Å². The highest BCUT2D eigenvalue weighted by Gasteiger charge is 2.60. The minimum atomic E-state index is -5.81. The molecule has 1 saturated carbocycles. The van der Waals surface area contributed by atoms with E-state index in [1.807, 2.05) is 0 Å². The maximum atomic E-state index is 14.9. The van der Waals surface area contributed by atoms with Gasteiger partial charge in [0.1, 0.15) is 92.6 Å². The van der Waals surface area contributed by atoms with Crippen LogP contribution in [0.4, 0.5) is 0 Å². The Morgan fingerprint density at radius 2 is 0.630 bits per heavy atom. The van der Waals surface area contributed by atoms with Crippen molar-refractivity contribution in [2.75, 3.05) is 26.4 Å². The lowest BCUT2D eigenvalue weighted by molar-refractivity contribution is -0.360. The van der Waals surface area contributed by atoms with E-state index in [-0.39, 0.29) is 25.7 Å². The van der Waals surface area contributed by atoms with Gasteiger partial charge in [0.05, 0.1) is 13.2 Å². The van der Waals surface area contributed by atoms with Crippen LogP contribution in [0.15, 0.2) is 12.2 Å². The minimum absolute atomic E-state index is 0.0193. The van der Waals surface area contributed by atoms with Crippen molar-refractivity contribution in [3.63, 3.8) is 0 Å². The number of carbonyl (C=O) groups is 4. The molecule has 700 valence electrons. The lowest BCUT2D eigenvalue weighted by atomic mass is 9.84. The van der Waals surface area contributed by atoms with Crippen molar-refractivity contribution >= 4 is 31.7 Å². The highest BCUT2D eigenvalue weighted by atomic mass is 31.2. The molecule has 0 amide bonds. The zero-order valence-electron chi connectivity index (χ0n) is 74.7. The average molecular weight is 1720 g/mol. The Hall–Kier alpha value is -2.79. The fraction of sp³-hybridized carbons (Fsp3) is 0.935. The smallest absolute Gasteiger partial charge is 0.463 e. The molecule has 0 aromatic rings. The minimum Gasteiger partial charge on any atom is -0.463 e. The van der Waals surface area contributed by atoms with Crippen LogP contribution in [0, 0.1) is 0 Å². The highest BCUT2D eigenvalue weighted by Crippen LogP contribution is 2.49. The Bertz CT molecular complexity index is 2520. The van der Waals surface area contributed by atoms with Gasteiger partial charge in [-0.3, -0.25) is 28.2 Å². The van der Waals surface area contributed by atoms with Gasteiger partial charge in [0.25, 0.3) is 0 Å². The number of phosphoric ester groups is 1. The largest absolute Gasteiger partial charge is 0.472 e. The van der Waals surface area contributed by atoms with E-state index in [4.69, 9.17) is 46.9 Å². The predicted molar refractivity (Wildman–Crippen MR) is 463 cm³/mol. The van der Waals surface area contributed by atoms with E-state index in [1.54, 1.807) is 0 Å². The van der Waals surface area contributed by atoms with Gasteiger partial charge in [-0.05, 0) is 51.4 Å². The van der Waals surface area contributed by atoms with Gasteiger partial charge >= 0.3 is 31.7 Å². The third-order valence-electron chi connectivity index (χ3n) is 23.8. The second-order valence-corrected chi connectivity index (χ2v) is 36.0. The van der Waals surface area contributed by atoms with E-state index in [1.165, 1.54) is 193 Å². The zero-order valence-corrected chi connectivity index (χ0v) is 75.6. The molecule has 18 unspecified atom stereocenters. The molecule has 25 nitrogen and oxygen atoms in total. The lowest BCUT2D eigenvalue weighted by Crippen LogP contribution is -2.70. The van der Waals surface area contributed by atoms with Gasteiger partial charge in [0.2, 0.25) is 0 Å². The number of allylic oxidation sites excluding steroid dienone is 2. The average Bonchev–Trinajstić information content (AvgIpc) is 0.754. The standard InChI is InChI=1S/C93H173O25P/c1-5-9-13-17-21-25-29-33-36-39-43-46-50-54-58-62-66-77(96)110-72-75-81(100)83(102)87(106)93(114-75)117-90-88(115-79(98)68-64-60-56-52-48-44-40-37-34-30-26-22-18-14-10-6-2)84(103)85(104)89(116-92-86(105)82(101)80(99)74(69-94)113-92)91(90)118-119(107,108)111-71-73(112-78(97)67-63-59-55-51-47-41-32-28-24-20-16-12-8-4)70-109-76(95)65-61-57-53-49-45-42-38-35-31-27-23-19-15-11-7-3/h27,31,73-75,80-94,99-106H,5-26,28-30,32-72H2,1-4H3,(H,107,108)/b31-27-. The first-order valence-corrected chi connectivity index (χ1v) is 49.9. The summed E-state index contributed by atoms with van der Waals surface area (Å²) in [7, 11) is -5.81. The SMILES string of the molecule is CCCCCC/C=C\CCCCCCCCCC(=O)OCC(COP(=O)(O)OC1C(OC2OC(CO)C(O)C(O)C2O)C(O)C(O)C(OC(=O)CCCCCCCCCCCCCCCCCC)C1OC1OC(COC(=O)CCCCCCCCCCCCCCCCCC)C(O)C(O)C1O)OC(=O)CCCCCCCCCCCCCCC. The molecule has 0 bridgehead atoms. The molecule has 0 radical (unpaired) electrons. The number of phosphoric acid groups is 1. The van der Waals surface area contributed by atoms with Crippen LogP contribution in [0.3, 0.4) is 0 Å². The fourth-order valence-corrected chi connectivity index (χ4v) is 17.0. The normalized spacial score (nSPS) is 24.8. The first-order chi connectivity index (χ1) is 57.7. The molecule has 0 aromatic carbocycles. The summed E-state index contributed by atoms with van der Waals surface area (Å²) in [6.45, 7) is 5.62. The fourth-order valence-electron chi connectivity index (χ4n) is 16.1. The van der Waals surface area contributed by atoms with Crippen LogP contribution in [0.2, 0.25) is 0 Å². The molecule has 3 aliphatic rings. The number of ether oxygens (including phenoxy) is 8. The van der Waals surface area contributed by atoms with Crippen molar-refractivity contribution in [2.24, 2.45) is 0 Å². The maximum absolute atomic E-state index is 14.9. The summed E-state index contributed by atoms with van der Waals surface area (Å²) >= 11 is 0. The summed E-state index contributed by atoms with van der Waals surface area (Å²) in [5.74, 6) is -2.95. The third-order valence-corrected chi connectivity index (χ3v) is 24.8. The van der Waals surface area contributed by atoms with Crippen LogP contribution in [-0.4, -0.2) is 205 Å². The molecule has 3 fully saturated rings. The van der Waals surface area contributed by atoms with Crippen LogP contribution in [0.1, 0.15) is 426 Å². The zero-order chi connectivity index (χ0) is 86.8. The van der Waals surface area contributed by atoms with E-state index >= 15 is 0 Å². The molecular weight excluding hydrogens is 1550 g/mol. The molecule has 2 saturated heterocycles. The summed E-state index contributed by atoms with van der Waals surface area (Å²) in [6, 6.07) is 0. The van der Waals surface area contributed by atoms with Gasteiger partial charge < -0.3 is 88.7 Å². The number of unbranched alkanes of at least 4 members (excludes halogenated alkanes) is 53. The number of esters is 4. The number of aliphatic hydroxyl groups excluding tert-OH is 9. The van der Waals surface area contributed by atoms with Crippen LogP contribution in [0.25, 0.3) is 0 Å². The molecule has 119 heavy (non-hydrogen) atoms. The molecule has 0 aromatic heterocycles. The van der Waals surface area contributed by atoms with Crippen LogP contribution in [-0.2, 0) is 70.7 Å². The maximum Gasteiger partial charge on any atom is 0.472 e. The van der Waals surface area contributed by atoms with Crippen molar-refractivity contribution in [3.8, 4) is 0 Å². The topological polar surface area (TPSA) is 380 Å². The van der Waals surface area contributed by atoms with Gasteiger partial charge in [-0.1, -0.05) is 361 Å². The quantitative estimate of drug-likeness (QED) is 0.00889. The van der Waals surface area contributed by atoms with E-state index < -0.39 is 162 Å². The summed E-state index contributed by atoms with van der Waals surface area (Å²) < 4.78 is 73.5. The van der Waals surface area contributed by atoms with E-state index in [0.29, 0.717) is 32.1 Å². The van der Waals surface area contributed by atoms with Crippen molar-refractivity contribution in [1.29, 1.82) is 0 Å². The van der Waals surface area contributed by atoms with Crippen molar-refractivity contribution in [3.05, 3.63) is 12.2 Å². The van der Waals surface area contributed by atoms with Gasteiger partial charge in [-0.25, -0.2) is 4.57 Å². The Balaban J connectivity index is 1.90. The monoisotopic (exact) mass is 1720 g/mol. The molecular formula is C93H173O25P. The summed E-state index contributed by atoms with van der Waals surface area (Å²) in [5.41, 5.74) is 0. The first-order valence-electron chi connectivity index (χ1n) is 48.4. The van der Waals surface area contributed by atoms with Gasteiger partial charge in [0, 0.05) is 25.7 Å². The Morgan fingerprint density at radius 1 is 0.328 bits per heavy atom. The highest BCUT2D eigenvalue weighted by molar-refractivity contribution is 7.47. The number of hydrogen-bond donors (Lipinski definition) is 10. The number of hydrogen-bond acceptors (Lipinski definition) is 24. The molecule has 10 N–H and O–H groups in total. The molecule has 18 atom stereocenters. The summed E-state index contributed by atoms with van der Waals surface area (Å²) in [4.78, 5) is 66.5. The van der Waals surface area contributed by atoms with Gasteiger partial charge in [0.15, 0.2) is 24.8 Å². The summed E-state index contributed by atoms with van der Waals surface area (Å²) in [6.07, 6.45) is 31.8. The molecule has 2 heterocycles. The molecule has 0 spiro atoms. The predicted octanol–water partition coefficient (Wildman–Crippen LogP) is 18.3. The van der Waals surface area contributed by atoms with Gasteiger partial charge in [-0.15, -0.1) is 0 Å². The molecule has 3 rings (SSSR count). The van der Waals surface area contributed by atoms with Crippen LogP contribution >= 0.6 is 7.82 Å². The Morgan fingerprint density at radius 3 is 1.01 bits per heavy atom. The number of rotatable bonds is 79. The van der Waals surface area contributed by atoms with Gasteiger partial charge in [-0.2, -0.15) is 0 Å². The molecule has 26 heteroatoms. The second-order valence-electron chi connectivity index (χ2n) is 34.6. The van der Waals surface area contributed by atoms with Crippen molar-refractivity contribution < 1.29 is 122 Å². The summed E-state index contributed by atoms with van der Waals surface area (Å²) in [5, 5.41) is 102. The number of aliphatic hydroxyl groups is 9. The van der Waals surface area contributed by atoms with Crippen molar-refractivity contribution in [2.45, 2.75) is 530 Å². The second kappa shape index (κ2) is 72.3. The Kier molecular flexibility index (Phi) is 67.0. The molecule has 2 aliphatic heterocycles. The number of carbonyl (C=O) groups excluding carboxylic acids is 4. The van der Waals surface area contributed by atoms with Crippen molar-refractivity contribution in [1.82, 2.24) is 0 Å². The molecule has 1 aliphatic carbocycles. The third kappa shape index (κ3) is 52.2. The first kappa shape index (κ1) is 110. The van der Waals surface area contributed by atoms with E-state index in [9.17, 15) is 74.6 Å². The Labute approximate surface area is 718 Å². The van der Waals surface area contributed by atoms with E-state index in [2.05, 4.69) is 39.8 Å². The lowest BCUT2D eigenvalue weighted by Gasteiger charge is -2.50. The van der Waals surface area contributed by atoms with Crippen LogP contribution in [0.5, 0.6) is 0 Å². The van der Waals surface area contributed by atoms with Crippen LogP contribution < -0.4 is 0 Å².